The van der Waals surface area contributed by atoms with Crippen molar-refractivity contribution in [2.45, 2.75) is 44.2 Å². The van der Waals surface area contributed by atoms with Crippen molar-refractivity contribution in [3.63, 3.8) is 0 Å². The molecule has 3 amide bonds. The molecule has 2 aromatic rings. The Hall–Kier alpha value is -2.86. The molecular formula is C24H28N2O4. The third-order valence-electron chi connectivity index (χ3n) is 6.30. The van der Waals surface area contributed by atoms with E-state index in [1.54, 1.807) is 0 Å². The standard InChI is InChI=1S/C24H28N2O4/c1-17-7-5-6-14-24(17)22(28)26(23(29)25-24)15-20(27)16-30-21-12-10-19(11-13-21)18-8-3-2-4-9-18/h2-4,8-13,17,20,27H,5-7,14-16H2,1H3,(H,25,29). The Kier molecular flexibility index (Phi) is 5.77. The van der Waals surface area contributed by atoms with Crippen molar-refractivity contribution in [2.24, 2.45) is 5.92 Å². The van der Waals surface area contributed by atoms with Crippen LogP contribution in [0.25, 0.3) is 11.1 Å². The van der Waals surface area contributed by atoms with Crippen LogP contribution in [0.3, 0.4) is 0 Å². The molecule has 2 fully saturated rings. The summed E-state index contributed by atoms with van der Waals surface area (Å²) < 4.78 is 5.68. The fourth-order valence-corrected chi connectivity index (χ4v) is 4.49. The number of nitrogens with one attached hydrogen (secondary N) is 1. The van der Waals surface area contributed by atoms with Crippen LogP contribution in [-0.4, -0.2) is 46.7 Å². The minimum atomic E-state index is -0.956. The highest BCUT2D eigenvalue weighted by Gasteiger charge is 2.55. The molecule has 3 atom stereocenters. The fourth-order valence-electron chi connectivity index (χ4n) is 4.49. The van der Waals surface area contributed by atoms with Gasteiger partial charge in [-0.05, 0) is 42.0 Å². The van der Waals surface area contributed by atoms with E-state index >= 15 is 0 Å². The first kappa shape index (κ1) is 20.4. The van der Waals surface area contributed by atoms with Crippen molar-refractivity contribution in [1.29, 1.82) is 0 Å². The van der Waals surface area contributed by atoms with Crippen LogP contribution in [0, 0.1) is 5.92 Å². The van der Waals surface area contributed by atoms with Gasteiger partial charge in [0.25, 0.3) is 5.91 Å². The maximum Gasteiger partial charge on any atom is 0.325 e. The lowest BCUT2D eigenvalue weighted by atomic mass is 9.73. The Morgan fingerprint density at radius 1 is 1.10 bits per heavy atom. The zero-order chi connectivity index (χ0) is 21.1. The second-order valence-corrected chi connectivity index (χ2v) is 8.32. The van der Waals surface area contributed by atoms with Crippen molar-refractivity contribution < 1.29 is 19.4 Å². The van der Waals surface area contributed by atoms with Gasteiger partial charge in [0.1, 0.15) is 24.0 Å². The molecule has 6 nitrogen and oxygen atoms in total. The number of β-amino-alcohol motifs (C(OH)–C–C–N with tert-alkyl or cyclic N) is 1. The van der Waals surface area contributed by atoms with Gasteiger partial charge in [-0.15, -0.1) is 0 Å². The lowest BCUT2D eigenvalue weighted by Gasteiger charge is -2.36. The number of aliphatic hydroxyl groups excluding tert-OH is 1. The quantitative estimate of drug-likeness (QED) is 0.716. The summed E-state index contributed by atoms with van der Waals surface area (Å²) in [5, 5.41) is 13.3. The van der Waals surface area contributed by atoms with Crippen LogP contribution in [0.4, 0.5) is 4.79 Å². The molecule has 1 saturated heterocycles. The first-order chi connectivity index (χ1) is 14.5. The van der Waals surface area contributed by atoms with Gasteiger partial charge in [-0.1, -0.05) is 62.2 Å². The van der Waals surface area contributed by atoms with Gasteiger partial charge in [0.15, 0.2) is 0 Å². The van der Waals surface area contributed by atoms with Gasteiger partial charge in [0.2, 0.25) is 0 Å². The SMILES string of the molecule is CC1CCCCC12NC(=O)N(CC(O)COc1ccc(-c3ccccc3)cc1)C2=O. The first-order valence-corrected chi connectivity index (χ1v) is 10.6. The molecule has 2 aromatic carbocycles. The number of benzene rings is 2. The van der Waals surface area contributed by atoms with Gasteiger partial charge < -0.3 is 15.2 Å². The second-order valence-electron chi connectivity index (χ2n) is 8.32. The summed E-state index contributed by atoms with van der Waals surface area (Å²) in [7, 11) is 0. The zero-order valence-corrected chi connectivity index (χ0v) is 17.2. The molecule has 0 bridgehead atoms. The van der Waals surface area contributed by atoms with E-state index < -0.39 is 17.7 Å². The molecule has 6 heteroatoms. The minimum Gasteiger partial charge on any atom is -0.491 e. The molecule has 30 heavy (non-hydrogen) atoms. The largest absolute Gasteiger partial charge is 0.491 e. The molecule has 1 spiro atoms. The molecule has 3 unspecified atom stereocenters. The number of rotatable bonds is 6. The molecule has 0 aromatic heterocycles. The van der Waals surface area contributed by atoms with E-state index in [4.69, 9.17) is 4.74 Å². The maximum atomic E-state index is 13.0. The molecule has 4 rings (SSSR count). The summed E-state index contributed by atoms with van der Waals surface area (Å²) in [6, 6.07) is 17.2. The van der Waals surface area contributed by atoms with Gasteiger partial charge in [0.05, 0.1) is 6.54 Å². The van der Waals surface area contributed by atoms with Gasteiger partial charge in [0, 0.05) is 0 Å². The average Bonchev–Trinajstić information content (AvgIpc) is 3.00. The van der Waals surface area contributed by atoms with Crippen molar-refractivity contribution >= 4 is 11.9 Å². The topological polar surface area (TPSA) is 78.9 Å². The molecule has 0 radical (unpaired) electrons. The van der Waals surface area contributed by atoms with Crippen molar-refractivity contribution in [1.82, 2.24) is 10.2 Å². The van der Waals surface area contributed by atoms with Crippen LogP contribution in [-0.2, 0) is 4.79 Å². The number of carbonyl (C=O) groups excluding carboxylic acids is 2. The number of aliphatic hydroxyl groups is 1. The van der Waals surface area contributed by atoms with E-state index in [0.717, 1.165) is 35.3 Å². The summed E-state index contributed by atoms with van der Waals surface area (Å²) in [6.45, 7) is 1.95. The summed E-state index contributed by atoms with van der Waals surface area (Å²) >= 11 is 0. The Labute approximate surface area is 176 Å². The Morgan fingerprint density at radius 2 is 1.80 bits per heavy atom. The van der Waals surface area contributed by atoms with Gasteiger partial charge >= 0.3 is 6.03 Å². The Morgan fingerprint density at radius 3 is 2.50 bits per heavy atom. The smallest absolute Gasteiger partial charge is 0.325 e. The molecule has 2 aliphatic rings. The number of ether oxygens (including phenoxy) is 1. The van der Waals surface area contributed by atoms with Crippen LogP contribution in [0.2, 0.25) is 0 Å². The number of hydrogen-bond donors (Lipinski definition) is 2. The number of amides is 3. The summed E-state index contributed by atoms with van der Waals surface area (Å²) in [5.41, 5.74) is 1.40. The number of nitrogens with zero attached hydrogens (tertiary/aromatic N) is 1. The van der Waals surface area contributed by atoms with E-state index in [1.165, 1.54) is 0 Å². The third-order valence-corrected chi connectivity index (χ3v) is 6.30. The van der Waals surface area contributed by atoms with Crippen LogP contribution in [0.15, 0.2) is 54.6 Å². The third kappa shape index (κ3) is 3.92. The van der Waals surface area contributed by atoms with E-state index in [-0.39, 0.29) is 25.0 Å². The molecule has 1 saturated carbocycles. The van der Waals surface area contributed by atoms with Crippen molar-refractivity contribution in [3.8, 4) is 16.9 Å². The normalized spacial score (nSPS) is 24.7. The van der Waals surface area contributed by atoms with E-state index in [9.17, 15) is 14.7 Å². The highest BCUT2D eigenvalue weighted by Crippen LogP contribution is 2.38. The fraction of sp³-hybridized carbons (Fsp3) is 0.417. The summed E-state index contributed by atoms with van der Waals surface area (Å²) in [4.78, 5) is 26.6. The molecule has 2 N–H and O–H groups in total. The van der Waals surface area contributed by atoms with Crippen LogP contribution in [0.1, 0.15) is 32.6 Å². The second kappa shape index (κ2) is 8.48. The van der Waals surface area contributed by atoms with E-state index in [1.807, 2.05) is 61.5 Å². The lowest BCUT2D eigenvalue weighted by Crippen LogP contribution is -2.54. The predicted octanol–water partition coefficient (Wildman–Crippen LogP) is 3.59. The van der Waals surface area contributed by atoms with Gasteiger partial charge in [-0.25, -0.2) is 4.79 Å². The van der Waals surface area contributed by atoms with Crippen LogP contribution < -0.4 is 10.1 Å². The Bertz CT molecular complexity index is 899. The van der Waals surface area contributed by atoms with Crippen molar-refractivity contribution in [2.75, 3.05) is 13.2 Å². The predicted molar refractivity (Wildman–Crippen MR) is 114 cm³/mol. The number of urea groups is 1. The number of carbonyl (C=O) groups is 2. The van der Waals surface area contributed by atoms with Gasteiger partial charge in [-0.2, -0.15) is 0 Å². The van der Waals surface area contributed by atoms with Crippen molar-refractivity contribution in [3.05, 3.63) is 54.6 Å². The van der Waals surface area contributed by atoms with Gasteiger partial charge in [-0.3, -0.25) is 9.69 Å². The van der Waals surface area contributed by atoms with Crippen LogP contribution in [0.5, 0.6) is 5.75 Å². The first-order valence-electron chi connectivity index (χ1n) is 10.6. The number of hydrogen-bond acceptors (Lipinski definition) is 4. The Balaban J connectivity index is 1.33. The number of imide groups is 1. The van der Waals surface area contributed by atoms with Crippen LogP contribution >= 0.6 is 0 Å². The highest BCUT2D eigenvalue weighted by molar-refractivity contribution is 6.07. The highest BCUT2D eigenvalue weighted by atomic mass is 16.5. The minimum absolute atomic E-state index is 0.00426. The summed E-state index contributed by atoms with van der Waals surface area (Å²) in [5.74, 6) is 0.512. The molecule has 158 valence electrons. The van der Waals surface area contributed by atoms with E-state index in [2.05, 4.69) is 5.32 Å². The lowest BCUT2D eigenvalue weighted by molar-refractivity contribution is -0.135. The monoisotopic (exact) mass is 408 g/mol. The molecule has 1 heterocycles. The average molecular weight is 408 g/mol. The zero-order valence-electron chi connectivity index (χ0n) is 17.2. The maximum absolute atomic E-state index is 13.0. The molecule has 1 aliphatic carbocycles. The molecule has 1 aliphatic heterocycles. The molecular weight excluding hydrogens is 380 g/mol. The van der Waals surface area contributed by atoms with E-state index in [0.29, 0.717) is 12.2 Å². The summed E-state index contributed by atoms with van der Waals surface area (Å²) in [6.07, 6.45) is 2.63.